The number of nitrogen functional groups attached to an aromatic ring is 1. The molecular weight excluding hydrogens is 306 g/mol. The highest BCUT2D eigenvalue weighted by Gasteiger charge is 2.18. The second-order valence-corrected chi connectivity index (χ2v) is 5.41. The molecule has 0 bridgehead atoms. The maximum Gasteiger partial charge on any atom is 0.263 e. The molecule has 2 aromatic carbocycles. The van der Waals surface area contributed by atoms with E-state index in [2.05, 4.69) is 11.0 Å². The van der Waals surface area contributed by atoms with Crippen LogP contribution in [-0.4, -0.2) is 6.54 Å². The van der Waals surface area contributed by atoms with Gasteiger partial charge in [-0.15, -0.1) is 12.4 Å². The summed E-state index contributed by atoms with van der Waals surface area (Å²) in [6.07, 6.45) is -0.339. The van der Waals surface area contributed by atoms with Crippen molar-refractivity contribution in [2.45, 2.75) is 25.8 Å². The Kier molecular flexibility index (Phi) is 5.24. The van der Waals surface area contributed by atoms with Crippen LogP contribution in [0.4, 0.5) is 20.2 Å². The standard InChI is InChI=1S/C17H18F2N2.ClH/c18-17(19)13-8-6-12(7-9-13)11-21-10-2-3-14-15(20)4-1-5-16(14)21;/h1,4-9,17H,2-3,10-11,20H2;1H. The number of hydrogen-bond acceptors (Lipinski definition) is 2. The average molecular weight is 325 g/mol. The summed E-state index contributed by atoms with van der Waals surface area (Å²) in [6.45, 7) is 1.69. The number of nitrogens with two attached hydrogens (primary N) is 1. The number of halogens is 3. The molecule has 0 aromatic heterocycles. The summed E-state index contributed by atoms with van der Waals surface area (Å²) >= 11 is 0. The molecule has 0 unspecified atom stereocenters. The number of benzene rings is 2. The molecule has 22 heavy (non-hydrogen) atoms. The summed E-state index contributed by atoms with van der Waals surface area (Å²) < 4.78 is 25.1. The zero-order valence-corrected chi connectivity index (χ0v) is 13.0. The fourth-order valence-corrected chi connectivity index (χ4v) is 2.88. The van der Waals surface area contributed by atoms with Gasteiger partial charge < -0.3 is 10.6 Å². The van der Waals surface area contributed by atoms with E-state index in [4.69, 9.17) is 5.73 Å². The molecule has 0 amide bonds. The molecule has 1 aliphatic heterocycles. The van der Waals surface area contributed by atoms with Crippen LogP contribution in [0.25, 0.3) is 0 Å². The molecule has 2 N–H and O–H groups in total. The Bertz CT molecular complexity index is 629. The Labute approximate surface area is 135 Å². The molecule has 3 rings (SSSR count). The molecule has 0 atom stereocenters. The lowest BCUT2D eigenvalue weighted by atomic mass is 9.99. The molecule has 2 aromatic rings. The largest absolute Gasteiger partial charge is 0.398 e. The molecular formula is C17H19ClF2N2. The van der Waals surface area contributed by atoms with Crippen molar-refractivity contribution in [3.05, 3.63) is 59.2 Å². The first kappa shape index (κ1) is 16.6. The number of rotatable bonds is 3. The fraction of sp³-hybridized carbons (Fsp3) is 0.294. The van der Waals surface area contributed by atoms with Crippen LogP contribution in [0.2, 0.25) is 0 Å². The topological polar surface area (TPSA) is 29.3 Å². The second-order valence-electron chi connectivity index (χ2n) is 5.41. The van der Waals surface area contributed by atoms with Crippen LogP contribution in [0.15, 0.2) is 42.5 Å². The predicted octanol–water partition coefficient (Wildman–Crippen LogP) is 4.58. The first-order valence-corrected chi connectivity index (χ1v) is 7.14. The van der Waals surface area contributed by atoms with Gasteiger partial charge in [0.25, 0.3) is 6.43 Å². The first-order chi connectivity index (χ1) is 10.1. The van der Waals surface area contributed by atoms with Gasteiger partial charge in [-0.05, 0) is 36.1 Å². The van der Waals surface area contributed by atoms with Gasteiger partial charge in [-0.2, -0.15) is 0 Å². The Morgan fingerprint density at radius 1 is 1.09 bits per heavy atom. The minimum absolute atomic E-state index is 0. The summed E-state index contributed by atoms with van der Waals surface area (Å²) in [5, 5.41) is 0. The van der Waals surface area contributed by atoms with Gasteiger partial charge in [0.1, 0.15) is 0 Å². The SMILES string of the molecule is Cl.Nc1cccc2c1CCCN2Cc1ccc(C(F)F)cc1. The molecule has 0 aliphatic carbocycles. The van der Waals surface area contributed by atoms with Gasteiger partial charge in [-0.3, -0.25) is 0 Å². The van der Waals surface area contributed by atoms with Crippen LogP contribution in [-0.2, 0) is 13.0 Å². The lowest BCUT2D eigenvalue weighted by Crippen LogP contribution is -2.29. The Balaban J connectivity index is 0.00000176. The van der Waals surface area contributed by atoms with Gasteiger partial charge in [0, 0.05) is 30.0 Å². The van der Waals surface area contributed by atoms with Crippen molar-refractivity contribution in [1.29, 1.82) is 0 Å². The van der Waals surface area contributed by atoms with Crippen molar-refractivity contribution in [3.8, 4) is 0 Å². The maximum absolute atomic E-state index is 12.6. The van der Waals surface area contributed by atoms with Gasteiger partial charge in [0.15, 0.2) is 0 Å². The van der Waals surface area contributed by atoms with Crippen molar-refractivity contribution in [2.75, 3.05) is 17.2 Å². The molecule has 0 fully saturated rings. The second kappa shape index (κ2) is 6.97. The summed E-state index contributed by atoms with van der Waals surface area (Å²) in [5.41, 5.74) is 10.4. The number of anilines is 2. The first-order valence-electron chi connectivity index (χ1n) is 7.14. The monoisotopic (exact) mass is 324 g/mol. The zero-order valence-electron chi connectivity index (χ0n) is 12.1. The van der Waals surface area contributed by atoms with Gasteiger partial charge in [-0.1, -0.05) is 30.3 Å². The van der Waals surface area contributed by atoms with Crippen LogP contribution in [0.3, 0.4) is 0 Å². The number of hydrogen-bond donors (Lipinski definition) is 1. The molecule has 2 nitrogen and oxygen atoms in total. The van der Waals surface area contributed by atoms with E-state index >= 15 is 0 Å². The third-order valence-electron chi connectivity index (χ3n) is 3.99. The van der Waals surface area contributed by atoms with E-state index in [9.17, 15) is 8.78 Å². The van der Waals surface area contributed by atoms with E-state index in [1.165, 1.54) is 23.4 Å². The molecule has 0 radical (unpaired) electrons. The van der Waals surface area contributed by atoms with Crippen molar-refractivity contribution in [2.24, 2.45) is 0 Å². The quantitative estimate of drug-likeness (QED) is 0.837. The average Bonchev–Trinajstić information content (AvgIpc) is 2.49. The van der Waals surface area contributed by atoms with Crippen molar-refractivity contribution < 1.29 is 8.78 Å². The van der Waals surface area contributed by atoms with E-state index in [-0.39, 0.29) is 18.0 Å². The highest BCUT2D eigenvalue weighted by molar-refractivity contribution is 5.85. The van der Waals surface area contributed by atoms with Gasteiger partial charge >= 0.3 is 0 Å². The normalized spacial score (nSPS) is 13.7. The number of nitrogens with zero attached hydrogens (tertiary/aromatic N) is 1. The third kappa shape index (κ3) is 3.33. The van der Waals surface area contributed by atoms with E-state index in [1.807, 2.05) is 12.1 Å². The van der Waals surface area contributed by atoms with Crippen molar-refractivity contribution >= 4 is 23.8 Å². The maximum atomic E-state index is 12.6. The van der Waals surface area contributed by atoms with Crippen LogP contribution >= 0.6 is 12.4 Å². The number of alkyl halides is 2. The molecule has 5 heteroatoms. The van der Waals surface area contributed by atoms with Crippen molar-refractivity contribution in [1.82, 2.24) is 0 Å². The van der Waals surface area contributed by atoms with Crippen LogP contribution in [0, 0.1) is 0 Å². The van der Waals surface area contributed by atoms with Gasteiger partial charge in [-0.25, -0.2) is 8.78 Å². The highest BCUT2D eigenvalue weighted by Crippen LogP contribution is 2.32. The minimum atomic E-state index is -2.41. The summed E-state index contributed by atoms with van der Waals surface area (Å²) in [4.78, 5) is 2.27. The van der Waals surface area contributed by atoms with E-state index < -0.39 is 6.43 Å². The van der Waals surface area contributed by atoms with Crippen LogP contribution in [0.1, 0.15) is 29.5 Å². The molecule has 1 heterocycles. The number of fused-ring (bicyclic) bond motifs is 1. The zero-order chi connectivity index (χ0) is 14.8. The molecule has 0 saturated carbocycles. The van der Waals surface area contributed by atoms with Gasteiger partial charge in [0.2, 0.25) is 0 Å². The Hall–Kier alpha value is -1.81. The Morgan fingerprint density at radius 3 is 2.50 bits per heavy atom. The summed E-state index contributed by atoms with van der Waals surface area (Å²) in [5.74, 6) is 0. The third-order valence-corrected chi connectivity index (χ3v) is 3.99. The van der Waals surface area contributed by atoms with Crippen molar-refractivity contribution in [3.63, 3.8) is 0 Å². The smallest absolute Gasteiger partial charge is 0.263 e. The van der Waals surface area contributed by atoms with Crippen LogP contribution in [0.5, 0.6) is 0 Å². The molecule has 1 aliphatic rings. The molecule has 0 spiro atoms. The predicted molar refractivity (Wildman–Crippen MR) is 88.9 cm³/mol. The van der Waals surface area contributed by atoms with Gasteiger partial charge in [0.05, 0.1) is 0 Å². The highest BCUT2D eigenvalue weighted by atomic mass is 35.5. The summed E-state index contributed by atoms with van der Waals surface area (Å²) in [6, 6.07) is 12.5. The molecule has 118 valence electrons. The van der Waals surface area contributed by atoms with E-state index in [1.54, 1.807) is 12.1 Å². The Morgan fingerprint density at radius 2 is 1.82 bits per heavy atom. The summed E-state index contributed by atoms with van der Waals surface area (Å²) in [7, 11) is 0. The van der Waals surface area contributed by atoms with Crippen LogP contribution < -0.4 is 10.6 Å². The molecule has 0 saturated heterocycles. The lowest BCUT2D eigenvalue weighted by Gasteiger charge is -2.32. The van der Waals surface area contributed by atoms with E-state index in [0.29, 0.717) is 0 Å². The van der Waals surface area contributed by atoms with E-state index in [0.717, 1.165) is 37.2 Å². The minimum Gasteiger partial charge on any atom is -0.398 e. The fourth-order valence-electron chi connectivity index (χ4n) is 2.88. The lowest BCUT2D eigenvalue weighted by molar-refractivity contribution is 0.151.